The predicted molar refractivity (Wildman–Crippen MR) is 27.3 cm³/mol. The second-order valence-corrected chi connectivity index (χ2v) is 1.74. The molecular formula is C6H4Cl2F3Zr. The summed E-state index contributed by atoms with van der Waals surface area (Å²) in [5.74, 6) is -1.64. The molecule has 0 aromatic carbocycles. The molecule has 0 fully saturated rings. The molecule has 0 heterocycles. The van der Waals surface area contributed by atoms with Crippen molar-refractivity contribution in [1.29, 1.82) is 0 Å². The Morgan fingerprint density at radius 1 is 1.25 bits per heavy atom. The van der Waals surface area contributed by atoms with E-state index in [1.165, 1.54) is 0 Å². The van der Waals surface area contributed by atoms with Gasteiger partial charge in [-0.1, -0.05) is 6.08 Å². The first kappa shape index (κ1) is 18.4. The first-order valence-corrected chi connectivity index (χ1v) is 2.43. The summed E-state index contributed by atoms with van der Waals surface area (Å²) >= 11 is 0. The molecule has 0 saturated carbocycles. The first-order chi connectivity index (χ1) is 4.18. The van der Waals surface area contributed by atoms with E-state index in [1.54, 1.807) is 0 Å². The summed E-state index contributed by atoms with van der Waals surface area (Å²) in [5.41, 5.74) is 0. The zero-order valence-corrected chi connectivity index (χ0v) is 9.72. The number of allylic oxidation sites excluding steroid dienone is 4. The van der Waals surface area contributed by atoms with Crippen LogP contribution < -0.4 is 24.8 Å². The van der Waals surface area contributed by atoms with E-state index in [1.807, 2.05) is 0 Å². The molecule has 0 bridgehead atoms. The monoisotopic (exact) mass is 293 g/mol. The van der Waals surface area contributed by atoms with Gasteiger partial charge in [-0.05, 0) is 18.4 Å². The number of hydrogen-bond donors (Lipinski definition) is 0. The van der Waals surface area contributed by atoms with Gasteiger partial charge in [0.25, 0.3) is 0 Å². The maximum Gasteiger partial charge on any atom is 3.00 e. The van der Waals surface area contributed by atoms with Crippen molar-refractivity contribution in [3.8, 4) is 0 Å². The molecule has 1 rings (SSSR count). The van der Waals surface area contributed by atoms with E-state index in [4.69, 9.17) is 0 Å². The van der Waals surface area contributed by atoms with Crippen LogP contribution in [0.2, 0.25) is 0 Å². The molecule has 0 unspecified atom stereocenters. The molecule has 0 spiro atoms. The fourth-order valence-electron chi connectivity index (χ4n) is 0.604. The van der Waals surface area contributed by atoms with E-state index in [9.17, 15) is 13.2 Å². The van der Waals surface area contributed by atoms with Crippen LogP contribution in [0.15, 0.2) is 23.8 Å². The molecule has 67 valence electrons. The molecule has 1 aliphatic rings. The molecule has 0 aromatic heterocycles. The largest absolute Gasteiger partial charge is 3.00 e. The van der Waals surface area contributed by atoms with Gasteiger partial charge in [0.1, 0.15) is 0 Å². The Morgan fingerprint density at radius 2 is 1.75 bits per heavy atom. The molecule has 0 aromatic rings. The summed E-state index contributed by atoms with van der Waals surface area (Å²) in [4.78, 5) is 0. The molecule has 0 N–H and O–H groups in total. The third kappa shape index (κ3) is 6.16. The average molecular weight is 295 g/mol. The second kappa shape index (κ2) is 8.21. The third-order valence-electron chi connectivity index (χ3n) is 0.927. The van der Waals surface area contributed by atoms with Crippen LogP contribution in [-0.4, -0.2) is 0 Å². The van der Waals surface area contributed by atoms with Crippen LogP contribution in [0.25, 0.3) is 0 Å². The van der Waals surface area contributed by atoms with Crippen molar-refractivity contribution >= 4 is 0 Å². The molecule has 0 amide bonds. The molecule has 0 saturated heterocycles. The Labute approximate surface area is 100 Å². The van der Waals surface area contributed by atoms with Crippen molar-refractivity contribution in [2.24, 2.45) is 0 Å². The van der Waals surface area contributed by atoms with Crippen molar-refractivity contribution in [3.63, 3.8) is 0 Å². The maximum absolute atomic E-state index is 12.0. The van der Waals surface area contributed by atoms with E-state index in [0.29, 0.717) is 12.2 Å². The first-order valence-electron chi connectivity index (χ1n) is 2.43. The standard InChI is InChI=1S/C6H4F3.2ClH.Zr/c7-4-1-5(8)3-6(9)2-4;;;/h1-2H,3H2;2*1H;/q-1;;;+3/p-2. The Balaban J connectivity index is -0.000000270. The van der Waals surface area contributed by atoms with Crippen molar-refractivity contribution in [1.82, 2.24) is 0 Å². The van der Waals surface area contributed by atoms with Gasteiger partial charge in [-0.25, -0.2) is 4.39 Å². The van der Waals surface area contributed by atoms with Crippen LogP contribution in [0.1, 0.15) is 6.42 Å². The number of hydrogen-bond acceptors (Lipinski definition) is 0. The molecule has 6 heteroatoms. The maximum atomic E-state index is 12.0. The van der Waals surface area contributed by atoms with Gasteiger partial charge in [-0.2, -0.15) is 6.08 Å². The minimum absolute atomic E-state index is 0. The summed E-state index contributed by atoms with van der Waals surface area (Å²) < 4.78 is 36.0. The quantitative estimate of drug-likeness (QED) is 0.409. The molecule has 0 aliphatic heterocycles. The molecule has 12 heavy (non-hydrogen) atoms. The summed E-state index contributed by atoms with van der Waals surface area (Å²) in [7, 11) is 0. The van der Waals surface area contributed by atoms with Crippen LogP contribution in [0, 0.1) is 6.17 Å². The minimum atomic E-state index is -0.865. The zero-order valence-electron chi connectivity index (χ0n) is 5.75. The van der Waals surface area contributed by atoms with Crippen LogP contribution in [-0.2, 0) is 26.2 Å². The van der Waals surface area contributed by atoms with Gasteiger partial charge in [-0.15, -0.1) is 0 Å². The Hall–Kier alpha value is 0.603. The van der Waals surface area contributed by atoms with Gasteiger partial charge in [-0.3, -0.25) is 0 Å². The summed E-state index contributed by atoms with van der Waals surface area (Å²) in [6.45, 7) is 0. The van der Waals surface area contributed by atoms with Gasteiger partial charge >= 0.3 is 26.2 Å². The van der Waals surface area contributed by atoms with Crippen molar-refractivity contribution in [2.75, 3.05) is 0 Å². The summed E-state index contributed by atoms with van der Waals surface area (Å²) in [5, 5.41) is 0. The van der Waals surface area contributed by atoms with E-state index < -0.39 is 24.2 Å². The summed E-state index contributed by atoms with van der Waals surface area (Å²) in [6.07, 6.45) is 0.159. The van der Waals surface area contributed by atoms with E-state index in [-0.39, 0.29) is 51.0 Å². The molecule has 0 atom stereocenters. The average Bonchev–Trinajstić information content (AvgIpc) is 1.59. The Morgan fingerprint density at radius 3 is 2.08 bits per heavy atom. The van der Waals surface area contributed by atoms with Crippen LogP contribution in [0.3, 0.4) is 0 Å². The van der Waals surface area contributed by atoms with Crippen molar-refractivity contribution in [2.45, 2.75) is 6.42 Å². The van der Waals surface area contributed by atoms with Crippen LogP contribution in [0.4, 0.5) is 13.2 Å². The van der Waals surface area contributed by atoms with Crippen molar-refractivity contribution < 1.29 is 64.2 Å². The minimum Gasteiger partial charge on any atom is -1.00 e. The fourth-order valence-corrected chi connectivity index (χ4v) is 0.604. The van der Waals surface area contributed by atoms with Crippen molar-refractivity contribution in [3.05, 3.63) is 30.0 Å². The molecule has 1 radical (unpaired) electrons. The van der Waals surface area contributed by atoms with Gasteiger partial charge in [0.15, 0.2) is 0 Å². The third-order valence-corrected chi connectivity index (χ3v) is 0.927. The van der Waals surface area contributed by atoms with E-state index in [0.717, 1.165) is 0 Å². The summed E-state index contributed by atoms with van der Waals surface area (Å²) in [6, 6.07) is 0. The number of rotatable bonds is 0. The second-order valence-electron chi connectivity index (χ2n) is 1.74. The molecule has 1 aliphatic carbocycles. The molecule has 0 nitrogen and oxygen atoms in total. The van der Waals surface area contributed by atoms with E-state index in [2.05, 4.69) is 0 Å². The fraction of sp³-hybridized carbons (Fsp3) is 0.167. The van der Waals surface area contributed by atoms with Gasteiger partial charge in [0.05, 0.1) is 5.83 Å². The molecular weight excluding hydrogens is 291 g/mol. The van der Waals surface area contributed by atoms with Gasteiger partial charge < -0.3 is 33.6 Å². The number of halogens is 5. The Kier molecular flexibility index (Phi) is 12.6. The van der Waals surface area contributed by atoms with Gasteiger partial charge in [0.2, 0.25) is 0 Å². The van der Waals surface area contributed by atoms with Crippen LogP contribution >= 0.6 is 0 Å². The topological polar surface area (TPSA) is 0 Å². The Bertz CT molecular complexity index is 182. The van der Waals surface area contributed by atoms with E-state index >= 15 is 0 Å². The SMILES string of the molecule is FC1=C[C-](F)CC(F)=C1.[Cl-].[Cl-].[Zr+3]. The normalized spacial score (nSPS) is 14.4. The smallest absolute Gasteiger partial charge is 1.00 e. The zero-order chi connectivity index (χ0) is 6.85. The van der Waals surface area contributed by atoms with Crippen LogP contribution in [0.5, 0.6) is 0 Å². The van der Waals surface area contributed by atoms with Gasteiger partial charge in [0, 0.05) is 0 Å². The predicted octanol–water partition coefficient (Wildman–Crippen LogP) is -3.40.